The smallest absolute Gasteiger partial charge is 0.313 e. The summed E-state index contributed by atoms with van der Waals surface area (Å²) in [7, 11) is 1.41. The van der Waals surface area contributed by atoms with E-state index in [1.165, 1.54) is 7.11 Å². The highest BCUT2D eigenvalue weighted by Gasteiger charge is 2.49. The van der Waals surface area contributed by atoms with Crippen LogP contribution < -0.4 is 0 Å². The molecule has 0 N–H and O–H groups in total. The fourth-order valence-corrected chi connectivity index (χ4v) is 1.80. The molecule has 0 aromatic heterocycles. The molecule has 0 bridgehead atoms. The Bertz CT molecular complexity index is 367. The number of carbonyl (C=O) groups excluding carboxylic acids is 1. The molecule has 1 aliphatic rings. The van der Waals surface area contributed by atoms with E-state index in [4.69, 9.17) is 4.74 Å². The molecule has 0 amide bonds. The standard InChI is InChI=1S/C12H12O2/c1-8-10(11(8)12(13)14-2)9-6-4-3-5-7-9/h3-7,10-11H,1H2,2H3/t10-,11+/m0/s1. The lowest BCUT2D eigenvalue weighted by Gasteiger charge is -1.97. The number of carbonyl (C=O) groups is 1. The van der Waals surface area contributed by atoms with Crippen LogP contribution in [0, 0.1) is 5.92 Å². The van der Waals surface area contributed by atoms with E-state index < -0.39 is 0 Å². The van der Waals surface area contributed by atoms with Crippen LogP contribution in [-0.4, -0.2) is 13.1 Å². The van der Waals surface area contributed by atoms with Gasteiger partial charge >= 0.3 is 5.97 Å². The molecule has 72 valence electrons. The molecule has 1 fully saturated rings. The summed E-state index contributed by atoms with van der Waals surface area (Å²) in [6.45, 7) is 3.87. The first-order valence-corrected chi connectivity index (χ1v) is 4.57. The van der Waals surface area contributed by atoms with Crippen LogP contribution in [0.3, 0.4) is 0 Å². The van der Waals surface area contributed by atoms with Crippen LogP contribution >= 0.6 is 0 Å². The Hall–Kier alpha value is -1.57. The largest absolute Gasteiger partial charge is 0.469 e. The normalized spacial score (nSPS) is 24.5. The third-order valence-electron chi connectivity index (χ3n) is 2.64. The summed E-state index contributed by atoms with van der Waals surface area (Å²) in [5, 5.41) is 0. The molecule has 0 unspecified atom stereocenters. The Balaban J connectivity index is 2.17. The van der Waals surface area contributed by atoms with Crippen molar-refractivity contribution in [3.05, 3.63) is 48.0 Å². The van der Waals surface area contributed by atoms with E-state index in [2.05, 4.69) is 6.58 Å². The van der Waals surface area contributed by atoms with Crippen LogP contribution in [0.15, 0.2) is 42.5 Å². The van der Waals surface area contributed by atoms with Gasteiger partial charge in [-0.3, -0.25) is 4.79 Å². The number of esters is 1. The van der Waals surface area contributed by atoms with Crippen molar-refractivity contribution in [2.24, 2.45) is 5.92 Å². The number of hydrogen-bond acceptors (Lipinski definition) is 2. The van der Waals surface area contributed by atoms with Gasteiger partial charge in [0, 0.05) is 5.92 Å². The van der Waals surface area contributed by atoms with Crippen molar-refractivity contribution in [3.63, 3.8) is 0 Å². The second kappa shape index (κ2) is 3.29. The minimum atomic E-state index is -0.177. The molecule has 2 rings (SSSR count). The monoisotopic (exact) mass is 188 g/mol. The minimum Gasteiger partial charge on any atom is -0.469 e. The molecular weight excluding hydrogens is 176 g/mol. The highest BCUT2D eigenvalue weighted by Crippen LogP contribution is 2.52. The lowest BCUT2D eigenvalue weighted by Crippen LogP contribution is -2.03. The van der Waals surface area contributed by atoms with E-state index in [-0.39, 0.29) is 17.8 Å². The minimum absolute atomic E-state index is 0.123. The van der Waals surface area contributed by atoms with Gasteiger partial charge in [0.2, 0.25) is 0 Å². The van der Waals surface area contributed by atoms with Gasteiger partial charge in [-0.1, -0.05) is 42.5 Å². The molecule has 2 nitrogen and oxygen atoms in total. The molecule has 1 aromatic rings. The van der Waals surface area contributed by atoms with E-state index >= 15 is 0 Å². The Morgan fingerprint density at radius 2 is 2.00 bits per heavy atom. The third kappa shape index (κ3) is 1.33. The highest BCUT2D eigenvalue weighted by molar-refractivity contribution is 5.84. The van der Waals surface area contributed by atoms with Crippen LogP contribution in [0.25, 0.3) is 0 Å². The van der Waals surface area contributed by atoms with E-state index in [1.807, 2.05) is 30.3 Å². The van der Waals surface area contributed by atoms with Crippen LogP contribution in [0.1, 0.15) is 11.5 Å². The quantitative estimate of drug-likeness (QED) is 0.525. The fraction of sp³-hybridized carbons (Fsp3) is 0.250. The lowest BCUT2D eigenvalue weighted by atomic mass is 10.1. The van der Waals surface area contributed by atoms with Crippen molar-refractivity contribution < 1.29 is 9.53 Å². The van der Waals surface area contributed by atoms with Gasteiger partial charge in [0.15, 0.2) is 0 Å². The Labute approximate surface area is 83.2 Å². The van der Waals surface area contributed by atoms with Gasteiger partial charge in [-0.05, 0) is 5.56 Å². The Morgan fingerprint density at radius 3 is 2.57 bits per heavy atom. The first-order chi connectivity index (χ1) is 6.75. The van der Waals surface area contributed by atoms with Gasteiger partial charge in [-0.15, -0.1) is 0 Å². The second-order valence-electron chi connectivity index (χ2n) is 3.46. The van der Waals surface area contributed by atoms with Crippen LogP contribution in [0.5, 0.6) is 0 Å². The summed E-state index contributed by atoms with van der Waals surface area (Å²) in [4.78, 5) is 11.3. The molecule has 0 aliphatic heterocycles. The molecule has 14 heavy (non-hydrogen) atoms. The summed E-state index contributed by atoms with van der Waals surface area (Å²) < 4.78 is 4.70. The van der Waals surface area contributed by atoms with Gasteiger partial charge in [-0.25, -0.2) is 0 Å². The third-order valence-corrected chi connectivity index (χ3v) is 2.64. The van der Waals surface area contributed by atoms with Crippen LogP contribution in [-0.2, 0) is 9.53 Å². The molecule has 0 heterocycles. The van der Waals surface area contributed by atoms with E-state index in [1.54, 1.807) is 0 Å². The van der Waals surface area contributed by atoms with Crippen molar-refractivity contribution in [2.45, 2.75) is 5.92 Å². The van der Waals surface area contributed by atoms with Crippen molar-refractivity contribution in [1.82, 2.24) is 0 Å². The second-order valence-corrected chi connectivity index (χ2v) is 3.46. The summed E-state index contributed by atoms with van der Waals surface area (Å²) in [5.41, 5.74) is 2.11. The van der Waals surface area contributed by atoms with Crippen molar-refractivity contribution in [2.75, 3.05) is 7.11 Å². The first-order valence-electron chi connectivity index (χ1n) is 4.57. The molecule has 1 aromatic carbocycles. The van der Waals surface area contributed by atoms with Crippen molar-refractivity contribution in [1.29, 1.82) is 0 Å². The maximum Gasteiger partial charge on any atom is 0.313 e. The van der Waals surface area contributed by atoms with Crippen molar-refractivity contribution in [3.8, 4) is 0 Å². The average molecular weight is 188 g/mol. The average Bonchev–Trinajstić information content (AvgIpc) is 2.90. The molecular formula is C12H12O2. The first kappa shape index (κ1) is 9.00. The molecule has 0 spiro atoms. The number of benzene rings is 1. The van der Waals surface area contributed by atoms with Gasteiger partial charge in [-0.2, -0.15) is 0 Å². The number of rotatable bonds is 2. The zero-order chi connectivity index (χ0) is 10.1. The maximum absolute atomic E-state index is 11.3. The van der Waals surface area contributed by atoms with Gasteiger partial charge in [0.25, 0.3) is 0 Å². The zero-order valence-corrected chi connectivity index (χ0v) is 8.07. The summed E-state index contributed by atoms with van der Waals surface area (Å²) in [5.74, 6) is -0.130. The fourth-order valence-electron chi connectivity index (χ4n) is 1.80. The number of hydrogen-bond donors (Lipinski definition) is 0. The Kier molecular flexibility index (Phi) is 2.12. The van der Waals surface area contributed by atoms with E-state index in [9.17, 15) is 4.79 Å². The molecule has 2 atom stereocenters. The molecule has 0 radical (unpaired) electrons. The number of ether oxygens (including phenoxy) is 1. The molecule has 1 saturated carbocycles. The molecule has 0 saturated heterocycles. The van der Waals surface area contributed by atoms with E-state index in [0.717, 1.165) is 11.1 Å². The van der Waals surface area contributed by atoms with Crippen LogP contribution in [0.2, 0.25) is 0 Å². The topological polar surface area (TPSA) is 26.3 Å². The lowest BCUT2D eigenvalue weighted by molar-refractivity contribution is -0.141. The van der Waals surface area contributed by atoms with Gasteiger partial charge in [0.05, 0.1) is 13.0 Å². The van der Waals surface area contributed by atoms with Crippen molar-refractivity contribution >= 4 is 5.97 Å². The summed E-state index contributed by atoms with van der Waals surface area (Å²) >= 11 is 0. The van der Waals surface area contributed by atoms with Crippen LogP contribution in [0.4, 0.5) is 0 Å². The predicted octanol–water partition coefficient (Wildman–Crippen LogP) is 2.13. The van der Waals surface area contributed by atoms with Gasteiger partial charge in [0.1, 0.15) is 0 Å². The summed E-state index contributed by atoms with van der Waals surface area (Å²) in [6, 6.07) is 9.92. The van der Waals surface area contributed by atoms with Gasteiger partial charge < -0.3 is 4.74 Å². The number of methoxy groups -OCH3 is 1. The summed E-state index contributed by atoms with van der Waals surface area (Å²) in [6.07, 6.45) is 0. The SMILES string of the molecule is C=C1[C@@H](C(=O)OC)[C@@H]1c1ccccc1. The molecule has 1 aliphatic carbocycles. The predicted molar refractivity (Wildman–Crippen MR) is 53.8 cm³/mol. The Morgan fingerprint density at radius 1 is 1.36 bits per heavy atom. The zero-order valence-electron chi connectivity index (χ0n) is 8.07. The molecule has 2 heteroatoms. The highest BCUT2D eigenvalue weighted by atomic mass is 16.5. The maximum atomic E-state index is 11.3. The van der Waals surface area contributed by atoms with E-state index in [0.29, 0.717) is 0 Å².